The van der Waals surface area contributed by atoms with Gasteiger partial charge < -0.3 is 14.2 Å². The van der Waals surface area contributed by atoms with Crippen molar-refractivity contribution in [2.24, 2.45) is 0 Å². The maximum absolute atomic E-state index is 12.7. The van der Waals surface area contributed by atoms with Crippen LogP contribution in [-0.4, -0.2) is 32.7 Å². The third kappa shape index (κ3) is 2.93. The van der Waals surface area contributed by atoms with E-state index in [1.54, 1.807) is 7.11 Å². The number of hydrogen-bond donors (Lipinski definition) is 0. The molecule has 122 valence electrons. The fraction of sp³-hybridized carbons (Fsp3) is 0.471. The minimum Gasteiger partial charge on any atom is -0.497 e. The van der Waals surface area contributed by atoms with Gasteiger partial charge in [0, 0.05) is 13.0 Å². The summed E-state index contributed by atoms with van der Waals surface area (Å²) >= 11 is 0. The number of ether oxygens (including phenoxy) is 1. The Bertz CT molecular complexity index is 693. The second-order valence-electron chi connectivity index (χ2n) is 5.87. The fourth-order valence-corrected chi connectivity index (χ4v) is 3.02. The Morgan fingerprint density at radius 3 is 2.65 bits per heavy atom. The first-order chi connectivity index (χ1) is 11.1. The molecular weight excluding hydrogens is 292 g/mol. The Morgan fingerprint density at radius 1 is 1.26 bits per heavy atom. The van der Waals surface area contributed by atoms with Gasteiger partial charge in [-0.2, -0.15) is 0 Å². The summed E-state index contributed by atoms with van der Waals surface area (Å²) in [4.78, 5) is 14.5. The van der Waals surface area contributed by atoms with Crippen molar-refractivity contribution < 1.29 is 9.53 Å². The molecule has 6 nitrogen and oxygen atoms in total. The molecule has 0 spiro atoms. The van der Waals surface area contributed by atoms with Crippen LogP contribution in [0.2, 0.25) is 0 Å². The standard InChI is InChI=1S/C17H22N4O2/c1-4-5-15-18-19-16-11-20(17(22)12(2)21(15)16)10-13-6-8-14(23-3)9-7-13/h6-9,12H,4-5,10-11H2,1-3H3/t12-/m0/s1. The summed E-state index contributed by atoms with van der Waals surface area (Å²) in [6.45, 7) is 5.11. The molecule has 23 heavy (non-hydrogen) atoms. The Kier molecular flexibility index (Phi) is 4.32. The number of fused-ring (bicyclic) bond motifs is 1. The maximum atomic E-state index is 12.7. The van der Waals surface area contributed by atoms with Gasteiger partial charge in [0.1, 0.15) is 17.6 Å². The molecule has 1 amide bonds. The number of aromatic nitrogens is 3. The average Bonchev–Trinajstić information content (AvgIpc) is 2.96. The van der Waals surface area contributed by atoms with Gasteiger partial charge in [0.05, 0.1) is 13.7 Å². The lowest BCUT2D eigenvalue weighted by Gasteiger charge is -2.32. The molecule has 0 saturated carbocycles. The second-order valence-corrected chi connectivity index (χ2v) is 5.87. The van der Waals surface area contributed by atoms with E-state index in [1.165, 1.54) is 0 Å². The van der Waals surface area contributed by atoms with Crippen LogP contribution in [0.15, 0.2) is 24.3 Å². The largest absolute Gasteiger partial charge is 0.497 e. The predicted octanol–water partition coefficient (Wildman–Crippen LogP) is 2.34. The highest BCUT2D eigenvalue weighted by Crippen LogP contribution is 2.25. The van der Waals surface area contributed by atoms with E-state index >= 15 is 0 Å². The summed E-state index contributed by atoms with van der Waals surface area (Å²) in [6.07, 6.45) is 1.84. The summed E-state index contributed by atoms with van der Waals surface area (Å²) in [7, 11) is 1.64. The van der Waals surface area contributed by atoms with Gasteiger partial charge >= 0.3 is 0 Å². The minimum atomic E-state index is -0.242. The van der Waals surface area contributed by atoms with Crippen molar-refractivity contribution in [1.29, 1.82) is 0 Å². The normalized spacial score (nSPS) is 17.3. The molecule has 3 rings (SSSR count). The van der Waals surface area contributed by atoms with Gasteiger partial charge in [0.25, 0.3) is 0 Å². The lowest BCUT2D eigenvalue weighted by Crippen LogP contribution is -2.41. The molecule has 0 radical (unpaired) electrons. The molecule has 0 N–H and O–H groups in total. The Labute approximate surface area is 136 Å². The first-order valence-corrected chi connectivity index (χ1v) is 7.98. The SMILES string of the molecule is CCCc1nnc2n1[C@@H](C)C(=O)N(Cc1ccc(OC)cc1)C2. The maximum Gasteiger partial charge on any atom is 0.246 e. The number of nitrogens with zero attached hydrogens (tertiary/aromatic N) is 4. The van der Waals surface area contributed by atoms with Crippen LogP contribution in [0.1, 0.15) is 43.5 Å². The molecule has 6 heteroatoms. The molecule has 1 aliphatic heterocycles. The molecule has 1 aromatic heterocycles. The summed E-state index contributed by atoms with van der Waals surface area (Å²) < 4.78 is 7.16. The molecule has 0 aliphatic carbocycles. The van der Waals surface area contributed by atoms with Gasteiger partial charge in [-0.25, -0.2) is 0 Å². The Morgan fingerprint density at radius 2 is 2.00 bits per heavy atom. The zero-order valence-electron chi connectivity index (χ0n) is 13.8. The third-order valence-electron chi connectivity index (χ3n) is 4.23. The highest BCUT2D eigenvalue weighted by atomic mass is 16.5. The van der Waals surface area contributed by atoms with Crippen molar-refractivity contribution in [3.63, 3.8) is 0 Å². The van der Waals surface area contributed by atoms with Gasteiger partial charge in [0.2, 0.25) is 5.91 Å². The topological polar surface area (TPSA) is 60.2 Å². The zero-order chi connectivity index (χ0) is 16.4. The van der Waals surface area contributed by atoms with Crippen LogP contribution in [0, 0.1) is 0 Å². The molecule has 1 aliphatic rings. The van der Waals surface area contributed by atoms with Crippen molar-refractivity contribution in [2.45, 2.75) is 45.8 Å². The van der Waals surface area contributed by atoms with Crippen LogP contribution in [0.5, 0.6) is 5.75 Å². The number of carbonyl (C=O) groups is 1. The summed E-state index contributed by atoms with van der Waals surface area (Å²) in [6, 6.07) is 7.55. The van der Waals surface area contributed by atoms with E-state index in [-0.39, 0.29) is 11.9 Å². The highest BCUT2D eigenvalue weighted by molar-refractivity contribution is 5.81. The van der Waals surface area contributed by atoms with Gasteiger partial charge in [-0.1, -0.05) is 19.1 Å². The molecule has 1 atom stereocenters. The molecule has 0 unspecified atom stereocenters. The number of carbonyl (C=O) groups excluding carboxylic acids is 1. The molecule has 2 heterocycles. The van der Waals surface area contributed by atoms with Gasteiger partial charge in [-0.05, 0) is 31.0 Å². The number of hydrogen-bond acceptors (Lipinski definition) is 4. The third-order valence-corrected chi connectivity index (χ3v) is 4.23. The summed E-state index contributed by atoms with van der Waals surface area (Å²) in [5.74, 6) is 2.71. The first kappa shape index (κ1) is 15.5. The van der Waals surface area contributed by atoms with E-state index in [4.69, 9.17) is 4.74 Å². The second kappa shape index (κ2) is 6.40. The average molecular weight is 314 g/mol. The zero-order valence-corrected chi connectivity index (χ0v) is 13.8. The van der Waals surface area contributed by atoms with E-state index in [1.807, 2.05) is 40.7 Å². The number of methoxy groups -OCH3 is 1. The summed E-state index contributed by atoms with van der Waals surface area (Å²) in [5.41, 5.74) is 1.08. The van der Waals surface area contributed by atoms with Crippen molar-refractivity contribution in [3.8, 4) is 5.75 Å². The molecule has 0 saturated heterocycles. The smallest absolute Gasteiger partial charge is 0.246 e. The van der Waals surface area contributed by atoms with Crippen molar-refractivity contribution in [3.05, 3.63) is 41.5 Å². The van der Waals surface area contributed by atoms with E-state index in [0.29, 0.717) is 13.1 Å². The molecule has 1 aromatic carbocycles. The van der Waals surface area contributed by atoms with E-state index < -0.39 is 0 Å². The van der Waals surface area contributed by atoms with Crippen LogP contribution >= 0.6 is 0 Å². The van der Waals surface area contributed by atoms with E-state index in [0.717, 1.165) is 35.8 Å². The Balaban J connectivity index is 1.80. The number of amides is 1. The molecule has 0 fully saturated rings. The van der Waals surface area contributed by atoms with Gasteiger partial charge in [0.15, 0.2) is 5.82 Å². The van der Waals surface area contributed by atoms with Crippen molar-refractivity contribution >= 4 is 5.91 Å². The van der Waals surface area contributed by atoms with Crippen LogP contribution in [0.25, 0.3) is 0 Å². The van der Waals surface area contributed by atoms with Gasteiger partial charge in [-0.3, -0.25) is 4.79 Å². The van der Waals surface area contributed by atoms with Crippen LogP contribution in [-0.2, 0) is 24.3 Å². The first-order valence-electron chi connectivity index (χ1n) is 7.98. The van der Waals surface area contributed by atoms with E-state index in [2.05, 4.69) is 17.1 Å². The van der Waals surface area contributed by atoms with Gasteiger partial charge in [-0.15, -0.1) is 10.2 Å². The number of aryl methyl sites for hydroxylation is 1. The highest BCUT2D eigenvalue weighted by Gasteiger charge is 2.32. The van der Waals surface area contributed by atoms with Crippen molar-refractivity contribution in [2.75, 3.05) is 7.11 Å². The predicted molar refractivity (Wildman–Crippen MR) is 86.0 cm³/mol. The quantitative estimate of drug-likeness (QED) is 0.850. The Hall–Kier alpha value is -2.37. The lowest BCUT2D eigenvalue weighted by atomic mass is 10.1. The molecule has 2 aromatic rings. The van der Waals surface area contributed by atoms with Crippen LogP contribution < -0.4 is 4.74 Å². The van der Waals surface area contributed by atoms with Crippen LogP contribution in [0.4, 0.5) is 0 Å². The summed E-state index contributed by atoms with van der Waals surface area (Å²) in [5, 5.41) is 8.53. The molecular formula is C17H22N4O2. The minimum absolute atomic E-state index is 0.116. The fourth-order valence-electron chi connectivity index (χ4n) is 3.02. The van der Waals surface area contributed by atoms with E-state index in [9.17, 15) is 4.79 Å². The number of rotatable bonds is 5. The monoisotopic (exact) mass is 314 g/mol. The molecule has 0 bridgehead atoms. The lowest BCUT2D eigenvalue weighted by molar-refractivity contribution is -0.137. The van der Waals surface area contributed by atoms with Crippen molar-refractivity contribution in [1.82, 2.24) is 19.7 Å². The number of benzene rings is 1. The van der Waals surface area contributed by atoms with Crippen LogP contribution in [0.3, 0.4) is 0 Å².